The van der Waals surface area contributed by atoms with Crippen LogP contribution in [-0.4, -0.2) is 18.5 Å². The normalized spacial score (nSPS) is 12.3. The van der Waals surface area contributed by atoms with Crippen molar-refractivity contribution in [2.24, 2.45) is 5.73 Å². The van der Waals surface area contributed by atoms with Gasteiger partial charge in [-0.25, -0.2) is 0 Å². The Morgan fingerprint density at radius 1 is 1.82 bits per heavy atom. The summed E-state index contributed by atoms with van der Waals surface area (Å²) in [7, 11) is 0. The minimum Gasteiger partial charge on any atom is -0.350 e. The number of carbonyl (C=O) groups excluding carboxylic acids is 1. The molecule has 0 fully saturated rings. The van der Waals surface area contributed by atoms with Crippen LogP contribution in [0, 0.1) is 0 Å². The van der Waals surface area contributed by atoms with E-state index < -0.39 is 6.04 Å². The molecule has 4 heteroatoms. The lowest BCUT2D eigenvalue weighted by molar-refractivity contribution is -0.122. The second kappa shape index (κ2) is 5.16. The molecule has 0 spiro atoms. The number of halogens is 1. The molecular formula is C7H13ClN2O. The Bertz CT molecular complexity index is 159. The molecule has 3 N–H and O–H groups in total. The van der Waals surface area contributed by atoms with Crippen molar-refractivity contribution in [3.8, 4) is 0 Å². The molecule has 0 saturated heterocycles. The smallest absolute Gasteiger partial charge is 0.237 e. The van der Waals surface area contributed by atoms with Crippen molar-refractivity contribution in [1.29, 1.82) is 0 Å². The summed E-state index contributed by atoms with van der Waals surface area (Å²) in [6.07, 6.45) is 0.626. The molecule has 0 heterocycles. The molecule has 0 aromatic carbocycles. The number of amides is 1. The molecule has 64 valence electrons. The Kier molecular flexibility index (Phi) is 4.90. The lowest BCUT2D eigenvalue weighted by atomic mass is 10.2. The van der Waals surface area contributed by atoms with E-state index in [4.69, 9.17) is 17.3 Å². The Balaban J connectivity index is 3.60. The van der Waals surface area contributed by atoms with Gasteiger partial charge in [0.25, 0.3) is 0 Å². The highest BCUT2D eigenvalue weighted by molar-refractivity contribution is 6.29. The maximum absolute atomic E-state index is 10.9. The van der Waals surface area contributed by atoms with Crippen molar-refractivity contribution in [3.63, 3.8) is 0 Å². The molecule has 0 radical (unpaired) electrons. The second-order valence-electron chi connectivity index (χ2n) is 2.25. The number of hydrogen-bond donors (Lipinski definition) is 2. The summed E-state index contributed by atoms with van der Waals surface area (Å²) in [5, 5.41) is 2.94. The maximum Gasteiger partial charge on any atom is 0.237 e. The Hall–Kier alpha value is -0.540. The topological polar surface area (TPSA) is 55.1 Å². The van der Waals surface area contributed by atoms with Gasteiger partial charge >= 0.3 is 0 Å². The van der Waals surface area contributed by atoms with E-state index in [1.165, 1.54) is 0 Å². The van der Waals surface area contributed by atoms with E-state index in [9.17, 15) is 4.79 Å². The first kappa shape index (κ1) is 10.5. The molecule has 0 saturated carbocycles. The maximum atomic E-state index is 10.9. The molecule has 0 aliphatic rings. The molecule has 1 atom stereocenters. The molecule has 0 aromatic heterocycles. The summed E-state index contributed by atoms with van der Waals surface area (Å²) in [5.41, 5.74) is 5.42. The van der Waals surface area contributed by atoms with Gasteiger partial charge in [0, 0.05) is 5.03 Å². The fourth-order valence-electron chi connectivity index (χ4n) is 0.500. The molecule has 0 aromatic rings. The predicted molar refractivity (Wildman–Crippen MR) is 46.3 cm³/mol. The predicted octanol–water partition coefficient (Wildman–Crippen LogP) is 0.592. The first-order chi connectivity index (χ1) is 5.07. The largest absolute Gasteiger partial charge is 0.350 e. The fraction of sp³-hybridized carbons (Fsp3) is 0.571. The van der Waals surface area contributed by atoms with Gasteiger partial charge in [-0.3, -0.25) is 4.79 Å². The van der Waals surface area contributed by atoms with E-state index in [-0.39, 0.29) is 12.5 Å². The molecule has 0 aliphatic heterocycles. The van der Waals surface area contributed by atoms with E-state index in [0.29, 0.717) is 11.5 Å². The van der Waals surface area contributed by atoms with E-state index in [1.807, 2.05) is 6.92 Å². The van der Waals surface area contributed by atoms with Crippen LogP contribution in [0.2, 0.25) is 0 Å². The third-order valence-electron chi connectivity index (χ3n) is 1.23. The quantitative estimate of drug-likeness (QED) is 0.659. The average molecular weight is 177 g/mol. The Morgan fingerprint density at radius 2 is 2.36 bits per heavy atom. The van der Waals surface area contributed by atoms with Crippen molar-refractivity contribution in [1.82, 2.24) is 5.32 Å². The van der Waals surface area contributed by atoms with Crippen LogP contribution in [-0.2, 0) is 4.79 Å². The van der Waals surface area contributed by atoms with Crippen LogP contribution < -0.4 is 11.1 Å². The van der Waals surface area contributed by atoms with Crippen LogP contribution in [0.4, 0.5) is 0 Å². The standard InChI is InChI=1S/C7H13ClN2O/c1-3-6(9)7(11)10-4-5(2)8/h6H,2-4,9H2,1H3,(H,10,11). The van der Waals surface area contributed by atoms with Crippen molar-refractivity contribution >= 4 is 17.5 Å². The minimum absolute atomic E-state index is 0.186. The summed E-state index contributed by atoms with van der Waals surface area (Å²) in [4.78, 5) is 10.9. The van der Waals surface area contributed by atoms with Gasteiger partial charge in [0.1, 0.15) is 0 Å². The fourth-order valence-corrected chi connectivity index (χ4v) is 0.566. The number of nitrogens with one attached hydrogen (secondary N) is 1. The first-order valence-corrected chi connectivity index (χ1v) is 3.82. The highest BCUT2D eigenvalue weighted by Gasteiger charge is 2.09. The summed E-state index contributed by atoms with van der Waals surface area (Å²) >= 11 is 5.42. The van der Waals surface area contributed by atoms with Crippen LogP contribution in [0.5, 0.6) is 0 Å². The van der Waals surface area contributed by atoms with Crippen LogP contribution >= 0.6 is 11.6 Å². The van der Waals surface area contributed by atoms with Gasteiger partial charge in [-0.05, 0) is 6.42 Å². The monoisotopic (exact) mass is 176 g/mol. The number of nitrogens with two attached hydrogens (primary N) is 1. The zero-order chi connectivity index (χ0) is 8.85. The lowest BCUT2D eigenvalue weighted by Crippen LogP contribution is -2.40. The molecule has 1 unspecified atom stereocenters. The van der Waals surface area contributed by atoms with E-state index in [0.717, 1.165) is 0 Å². The van der Waals surface area contributed by atoms with E-state index in [1.54, 1.807) is 0 Å². The van der Waals surface area contributed by atoms with Crippen LogP contribution in [0.3, 0.4) is 0 Å². The first-order valence-electron chi connectivity index (χ1n) is 3.44. The highest BCUT2D eigenvalue weighted by atomic mass is 35.5. The summed E-state index contributed by atoms with van der Waals surface area (Å²) < 4.78 is 0. The molecular weight excluding hydrogens is 164 g/mol. The van der Waals surface area contributed by atoms with E-state index in [2.05, 4.69) is 11.9 Å². The highest BCUT2D eigenvalue weighted by Crippen LogP contribution is 1.93. The Morgan fingerprint density at radius 3 is 2.73 bits per heavy atom. The van der Waals surface area contributed by atoms with Gasteiger partial charge in [0.15, 0.2) is 0 Å². The average Bonchev–Trinajstić information content (AvgIpc) is 1.98. The van der Waals surface area contributed by atoms with Crippen LogP contribution in [0.1, 0.15) is 13.3 Å². The van der Waals surface area contributed by atoms with Crippen molar-refractivity contribution in [2.45, 2.75) is 19.4 Å². The molecule has 0 rings (SSSR count). The molecule has 11 heavy (non-hydrogen) atoms. The van der Waals surface area contributed by atoms with Gasteiger partial charge in [0.2, 0.25) is 5.91 Å². The number of hydrogen-bond acceptors (Lipinski definition) is 2. The third kappa shape index (κ3) is 4.81. The van der Waals surface area contributed by atoms with Gasteiger partial charge in [-0.1, -0.05) is 25.1 Å². The van der Waals surface area contributed by atoms with Gasteiger partial charge < -0.3 is 11.1 Å². The molecule has 0 bridgehead atoms. The number of rotatable bonds is 4. The van der Waals surface area contributed by atoms with Gasteiger partial charge in [0.05, 0.1) is 12.6 Å². The zero-order valence-corrected chi connectivity index (χ0v) is 7.32. The van der Waals surface area contributed by atoms with Crippen molar-refractivity contribution in [2.75, 3.05) is 6.54 Å². The third-order valence-corrected chi connectivity index (χ3v) is 1.36. The zero-order valence-electron chi connectivity index (χ0n) is 6.56. The SMILES string of the molecule is C=C(Cl)CNC(=O)C(N)CC. The molecule has 0 aliphatic carbocycles. The van der Waals surface area contributed by atoms with Crippen LogP contribution in [0.25, 0.3) is 0 Å². The number of carbonyl (C=O) groups is 1. The Labute approximate surface area is 71.6 Å². The summed E-state index contributed by atoms with van der Waals surface area (Å²) in [6.45, 7) is 5.55. The van der Waals surface area contributed by atoms with Crippen molar-refractivity contribution in [3.05, 3.63) is 11.6 Å². The second-order valence-corrected chi connectivity index (χ2v) is 2.78. The molecule has 3 nitrogen and oxygen atoms in total. The summed E-state index contributed by atoms with van der Waals surface area (Å²) in [6, 6.07) is -0.439. The molecule has 1 amide bonds. The van der Waals surface area contributed by atoms with Gasteiger partial charge in [-0.2, -0.15) is 0 Å². The van der Waals surface area contributed by atoms with Crippen LogP contribution in [0.15, 0.2) is 11.6 Å². The lowest BCUT2D eigenvalue weighted by Gasteiger charge is -2.08. The van der Waals surface area contributed by atoms with E-state index >= 15 is 0 Å². The van der Waals surface area contributed by atoms with Gasteiger partial charge in [-0.15, -0.1) is 0 Å². The minimum atomic E-state index is -0.439. The van der Waals surface area contributed by atoms with Crippen molar-refractivity contribution < 1.29 is 4.79 Å². The summed E-state index contributed by atoms with van der Waals surface area (Å²) in [5.74, 6) is -0.186.